The predicted octanol–water partition coefficient (Wildman–Crippen LogP) is 3.60. The Labute approximate surface area is 91.9 Å². The first-order valence-corrected chi connectivity index (χ1v) is 5.32. The maximum atomic E-state index is 9.28. The summed E-state index contributed by atoms with van der Waals surface area (Å²) in [6, 6.07) is 6.92. The van der Waals surface area contributed by atoms with Crippen LogP contribution in [0.25, 0.3) is 0 Å². The highest BCUT2D eigenvalue weighted by molar-refractivity contribution is 5.31. The summed E-state index contributed by atoms with van der Waals surface area (Å²) in [7, 11) is 0. The molecular formula is C13H20O2. The van der Waals surface area contributed by atoms with E-state index in [4.69, 9.17) is 4.74 Å². The third-order valence-corrected chi connectivity index (χ3v) is 2.05. The minimum Gasteiger partial charge on any atom is -0.508 e. The van der Waals surface area contributed by atoms with E-state index in [1.807, 2.05) is 6.07 Å². The number of ether oxygens (including phenoxy) is 1. The molecule has 0 aromatic heterocycles. The molecule has 0 aliphatic heterocycles. The Bertz CT molecular complexity index is 313. The number of aromatic hydroxyl groups is 1. The zero-order chi connectivity index (χ0) is 11.5. The summed E-state index contributed by atoms with van der Waals surface area (Å²) in [5, 5.41) is 9.28. The van der Waals surface area contributed by atoms with Gasteiger partial charge in [-0.3, -0.25) is 0 Å². The lowest BCUT2D eigenvalue weighted by Gasteiger charge is -2.24. The minimum atomic E-state index is 0.159. The predicted molar refractivity (Wildman–Crippen MR) is 62.3 cm³/mol. The zero-order valence-electron chi connectivity index (χ0n) is 9.95. The molecule has 0 fully saturated rings. The van der Waals surface area contributed by atoms with Gasteiger partial charge in [-0.2, -0.15) is 0 Å². The van der Waals surface area contributed by atoms with Crippen molar-refractivity contribution in [2.75, 3.05) is 0 Å². The van der Waals surface area contributed by atoms with Crippen molar-refractivity contribution in [2.45, 2.75) is 40.2 Å². The maximum Gasteiger partial charge on any atom is 0.123 e. The zero-order valence-corrected chi connectivity index (χ0v) is 9.95. The van der Waals surface area contributed by atoms with Crippen molar-refractivity contribution in [1.82, 2.24) is 0 Å². The molecule has 2 nitrogen and oxygen atoms in total. The molecule has 0 saturated carbocycles. The van der Waals surface area contributed by atoms with Crippen LogP contribution in [0.2, 0.25) is 0 Å². The molecule has 0 aliphatic carbocycles. The molecule has 1 N–H and O–H groups in total. The number of benzene rings is 1. The summed E-state index contributed by atoms with van der Waals surface area (Å²) in [4.78, 5) is 0. The molecule has 1 aromatic rings. The molecule has 0 radical (unpaired) electrons. The van der Waals surface area contributed by atoms with Gasteiger partial charge < -0.3 is 9.84 Å². The lowest BCUT2D eigenvalue weighted by atomic mass is 9.90. The monoisotopic (exact) mass is 208 g/mol. The Morgan fingerprint density at radius 1 is 1.33 bits per heavy atom. The van der Waals surface area contributed by atoms with Crippen LogP contribution in [0.5, 0.6) is 11.5 Å². The molecular weight excluding hydrogens is 188 g/mol. The van der Waals surface area contributed by atoms with Gasteiger partial charge in [0.05, 0.1) is 6.10 Å². The Morgan fingerprint density at radius 2 is 2.00 bits per heavy atom. The van der Waals surface area contributed by atoms with Gasteiger partial charge in [-0.05, 0) is 30.9 Å². The number of hydrogen-bond donors (Lipinski definition) is 1. The maximum absolute atomic E-state index is 9.28. The van der Waals surface area contributed by atoms with E-state index in [0.717, 1.165) is 12.2 Å². The van der Waals surface area contributed by atoms with E-state index < -0.39 is 0 Å². The van der Waals surface area contributed by atoms with Gasteiger partial charge in [-0.1, -0.05) is 26.8 Å². The summed E-state index contributed by atoms with van der Waals surface area (Å²) < 4.78 is 5.71. The molecule has 1 atom stereocenters. The van der Waals surface area contributed by atoms with Crippen LogP contribution >= 0.6 is 0 Å². The van der Waals surface area contributed by atoms with Gasteiger partial charge in [-0.15, -0.1) is 0 Å². The highest BCUT2D eigenvalue weighted by Gasteiger charge is 2.16. The van der Waals surface area contributed by atoms with Crippen molar-refractivity contribution in [3.8, 4) is 11.5 Å². The first-order valence-electron chi connectivity index (χ1n) is 5.32. The second kappa shape index (κ2) is 4.56. The second-order valence-corrected chi connectivity index (χ2v) is 5.19. The average Bonchev–Trinajstić information content (AvgIpc) is 1.99. The first kappa shape index (κ1) is 11.9. The summed E-state index contributed by atoms with van der Waals surface area (Å²) in [6.07, 6.45) is 1.15. The van der Waals surface area contributed by atoms with E-state index in [2.05, 4.69) is 27.7 Å². The Morgan fingerprint density at radius 3 is 2.53 bits per heavy atom. The number of hydrogen-bond acceptors (Lipinski definition) is 2. The molecule has 84 valence electrons. The van der Waals surface area contributed by atoms with Gasteiger partial charge in [0.15, 0.2) is 0 Å². The van der Waals surface area contributed by atoms with E-state index >= 15 is 0 Å². The summed E-state index contributed by atoms with van der Waals surface area (Å²) in [6.45, 7) is 8.62. The van der Waals surface area contributed by atoms with Crippen LogP contribution in [0.15, 0.2) is 24.3 Å². The molecule has 0 bridgehead atoms. The SMILES string of the molecule is CC(CC(C)(C)C)Oc1cccc(O)c1. The highest BCUT2D eigenvalue weighted by Crippen LogP contribution is 2.25. The molecule has 15 heavy (non-hydrogen) atoms. The van der Waals surface area contributed by atoms with Gasteiger partial charge in [0.25, 0.3) is 0 Å². The smallest absolute Gasteiger partial charge is 0.123 e. The quantitative estimate of drug-likeness (QED) is 0.822. The second-order valence-electron chi connectivity index (χ2n) is 5.19. The van der Waals surface area contributed by atoms with Crippen molar-refractivity contribution in [3.63, 3.8) is 0 Å². The fourth-order valence-electron chi connectivity index (χ4n) is 1.69. The first-order chi connectivity index (χ1) is 6.87. The van der Waals surface area contributed by atoms with Gasteiger partial charge >= 0.3 is 0 Å². The molecule has 0 amide bonds. The number of rotatable bonds is 3. The highest BCUT2D eigenvalue weighted by atomic mass is 16.5. The van der Waals surface area contributed by atoms with Crippen LogP contribution in [-0.4, -0.2) is 11.2 Å². The molecule has 2 heteroatoms. The number of phenolic OH excluding ortho intramolecular Hbond substituents is 1. The van der Waals surface area contributed by atoms with Crippen LogP contribution in [-0.2, 0) is 0 Å². The number of phenols is 1. The lowest BCUT2D eigenvalue weighted by molar-refractivity contribution is 0.160. The van der Waals surface area contributed by atoms with E-state index in [1.165, 1.54) is 0 Å². The van der Waals surface area contributed by atoms with Crippen molar-refractivity contribution in [3.05, 3.63) is 24.3 Å². The normalized spacial score (nSPS) is 13.6. The largest absolute Gasteiger partial charge is 0.508 e. The van der Waals surface area contributed by atoms with Crippen LogP contribution in [0.1, 0.15) is 34.1 Å². The van der Waals surface area contributed by atoms with Crippen LogP contribution in [0, 0.1) is 5.41 Å². The molecule has 1 unspecified atom stereocenters. The molecule has 0 spiro atoms. The van der Waals surface area contributed by atoms with E-state index in [0.29, 0.717) is 0 Å². The van der Waals surface area contributed by atoms with Crippen molar-refractivity contribution >= 4 is 0 Å². The van der Waals surface area contributed by atoms with Crippen LogP contribution in [0.4, 0.5) is 0 Å². The van der Waals surface area contributed by atoms with Crippen LogP contribution < -0.4 is 4.74 Å². The fraction of sp³-hybridized carbons (Fsp3) is 0.538. The van der Waals surface area contributed by atoms with E-state index in [1.54, 1.807) is 18.2 Å². The van der Waals surface area contributed by atoms with E-state index in [-0.39, 0.29) is 17.3 Å². The van der Waals surface area contributed by atoms with Gasteiger partial charge in [0.1, 0.15) is 11.5 Å². The summed E-state index contributed by atoms with van der Waals surface area (Å²) >= 11 is 0. The molecule has 0 heterocycles. The molecule has 0 aliphatic rings. The third kappa shape index (κ3) is 4.73. The van der Waals surface area contributed by atoms with Crippen molar-refractivity contribution in [2.24, 2.45) is 5.41 Å². The summed E-state index contributed by atoms with van der Waals surface area (Å²) in [5.74, 6) is 0.974. The Hall–Kier alpha value is -1.18. The topological polar surface area (TPSA) is 29.5 Å². The Kier molecular flexibility index (Phi) is 3.61. The average molecular weight is 208 g/mol. The third-order valence-electron chi connectivity index (χ3n) is 2.05. The summed E-state index contributed by atoms with van der Waals surface area (Å²) in [5.41, 5.74) is 0.260. The Balaban J connectivity index is 2.55. The van der Waals surface area contributed by atoms with Crippen molar-refractivity contribution < 1.29 is 9.84 Å². The van der Waals surface area contributed by atoms with Gasteiger partial charge in [-0.25, -0.2) is 0 Å². The van der Waals surface area contributed by atoms with Crippen molar-refractivity contribution in [1.29, 1.82) is 0 Å². The van der Waals surface area contributed by atoms with E-state index in [9.17, 15) is 5.11 Å². The lowest BCUT2D eigenvalue weighted by Crippen LogP contribution is -2.20. The minimum absolute atomic E-state index is 0.159. The standard InChI is InChI=1S/C13H20O2/c1-10(9-13(2,3)4)15-12-7-5-6-11(14)8-12/h5-8,10,14H,9H2,1-4H3. The molecule has 1 rings (SSSR count). The fourth-order valence-corrected chi connectivity index (χ4v) is 1.69. The van der Waals surface area contributed by atoms with Gasteiger partial charge in [0, 0.05) is 6.07 Å². The van der Waals surface area contributed by atoms with Crippen LogP contribution in [0.3, 0.4) is 0 Å². The molecule has 1 aromatic carbocycles. The van der Waals surface area contributed by atoms with Gasteiger partial charge in [0.2, 0.25) is 0 Å². The molecule has 0 saturated heterocycles.